The summed E-state index contributed by atoms with van der Waals surface area (Å²) < 4.78 is 22.0. The van der Waals surface area contributed by atoms with E-state index in [0.29, 0.717) is 56.1 Å². The van der Waals surface area contributed by atoms with Gasteiger partial charge < -0.3 is 33.5 Å². The number of piperidine rings is 1. The zero-order chi connectivity index (χ0) is 26.9. The minimum atomic E-state index is -0.661. The number of hydrogen-bond acceptors (Lipinski definition) is 7. The molecule has 0 saturated carbocycles. The van der Waals surface area contributed by atoms with Gasteiger partial charge in [0.05, 0.1) is 19.8 Å². The molecule has 1 aliphatic rings. The number of ether oxygens (including phenoxy) is 4. The molecule has 0 radical (unpaired) electrons. The van der Waals surface area contributed by atoms with Gasteiger partial charge in [-0.3, -0.25) is 4.79 Å². The Hall–Kier alpha value is -2.81. The van der Waals surface area contributed by atoms with Crippen LogP contribution < -0.4 is 9.47 Å². The molecule has 9 nitrogen and oxygen atoms in total. The molecule has 1 unspecified atom stereocenters. The monoisotopic (exact) mass is 506 g/mol. The van der Waals surface area contributed by atoms with Gasteiger partial charge in [-0.1, -0.05) is 0 Å². The van der Waals surface area contributed by atoms with Gasteiger partial charge in [0.1, 0.15) is 11.9 Å². The van der Waals surface area contributed by atoms with Crippen molar-refractivity contribution in [1.29, 1.82) is 0 Å². The number of carbonyl (C=O) groups is 3. The third kappa shape index (κ3) is 8.11. The Morgan fingerprint density at radius 2 is 1.86 bits per heavy atom. The fourth-order valence-corrected chi connectivity index (χ4v) is 4.41. The molecule has 1 aromatic rings. The van der Waals surface area contributed by atoms with E-state index in [2.05, 4.69) is 0 Å². The summed E-state index contributed by atoms with van der Waals surface area (Å²) in [5, 5.41) is 0. The molecule has 0 aliphatic carbocycles. The van der Waals surface area contributed by atoms with E-state index in [-0.39, 0.29) is 30.5 Å². The fraction of sp³-hybridized carbons (Fsp3) is 0.667. The topological polar surface area (TPSA) is 94.6 Å². The van der Waals surface area contributed by atoms with Crippen LogP contribution in [0.2, 0.25) is 0 Å². The Kier molecular flexibility index (Phi) is 11.0. The molecule has 2 atom stereocenters. The molecule has 1 fully saturated rings. The van der Waals surface area contributed by atoms with E-state index in [0.717, 1.165) is 6.29 Å². The smallest absolute Gasteiger partial charge is 0.410 e. The van der Waals surface area contributed by atoms with Crippen molar-refractivity contribution in [2.24, 2.45) is 0 Å². The highest BCUT2D eigenvalue weighted by Crippen LogP contribution is 2.31. The summed E-state index contributed by atoms with van der Waals surface area (Å²) in [6.07, 6.45) is 2.60. The molecule has 1 aromatic carbocycles. The zero-order valence-electron chi connectivity index (χ0n) is 22.7. The van der Waals surface area contributed by atoms with E-state index >= 15 is 0 Å². The highest BCUT2D eigenvalue weighted by molar-refractivity contribution is 5.95. The zero-order valence-corrected chi connectivity index (χ0v) is 22.7. The van der Waals surface area contributed by atoms with Crippen LogP contribution in [0.4, 0.5) is 4.79 Å². The number of likely N-dealkylation sites (tertiary alicyclic amines) is 1. The van der Waals surface area contributed by atoms with Crippen LogP contribution in [0.1, 0.15) is 70.7 Å². The van der Waals surface area contributed by atoms with Crippen LogP contribution in [0.5, 0.6) is 11.5 Å². The van der Waals surface area contributed by atoms with Crippen LogP contribution in [0.25, 0.3) is 0 Å². The molecule has 9 heteroatoms. The van der Waals surface area contributed by atoms with E-state index < -0.39 is 11.7 Å². The fourth-order valence-electron chi connectivity index (χ4n) is 4.41. The highest BCUT2D eigenvalue weighted by Gasteiger charge is 2.38. The Morgan fingerprint density at radius 3 is 2.44 bits per heavy atom. The van der Waals surface area contributed by atoms with Crippen molar-refractivity contribution in [3.8, 4) is 11.5 Å². The van der Waals surface area contributed by atoms with E-state index in [9.17, 15) is 14.4 Å². The van der Waals surface area contributed by atoms with Crippen LogP contribution >= 0.6 is 0 Å². The van der Waals surface area contributed by atoms with Gasteiger partial charge in [-0.25, -0.2) is 4.79 Å². The molecule has 2 amide bonds. The largest absolute Gasteiger partial charge is 0.493 e. The second kappa shape index (κ2) is 13.5. The first-order valence-corrected chi connectivity index (χ1v) is 12.6. The lowest BCUT2D eigenvalue weighted by Gasteiger charge is -2.44. The Balaban J connectivity index is 2.28. The summed E-state index contributed by atoms with van der Waals surface area (Å²) in [5.74, 6) is 0.885. The molecule has 1 heterocycles. The summed E-state index contributed by atoms with van der Waals surface area (Å²) in [7, 11) is 3.19. The van der Waals surface area contributed by atoms with Gasteiger partial charge in [0.15, 0.2) is 11.5 Å². The van der Waals surface area contributed by atoms with Crippen molar-refractivity contribution in [3.05, 3.63) is 23.8 Å². The van der Waals surface area contributed by atoms with Crippen molar-refractivity contribution >= 4 is 18.3 Å². The molecule has 2 rings (SSSR count). The molecular weight excluding hydrogens is 464 g/mol. The number of amides is 2. The van der Waals surface area contributed by atoms with Crippen LogP contribution in [0.3, 0.4) is 0 Å². The SMILES string of the molecule is COCCCOc1cc(C(=O)N(C(C)C)C2CC[C@@H](CC=O)N(C(=O)OC(C)(C)C)C2)ccc1OC. The number of hydrogen-bond donors (Lipinski definition) is 0. The number of benzene rings is 1. The lowest BCUT2D eigenvalue weighted by Crippen LogP contribution is -2.57. The Bertz CT molecular complexity index is 881. The van der Waals surface area contributed by atoms with Gasteiger partial charge in [0.2, 0.25) is 0 Å². The normalized spacial score (nSPS) is 18.1. The highest BCUT2D eigenvalue weighted by atomic mass is 16.6. The number of rotatable bonds is 11. The maximum absolute atomic E-state index is 13.7. The predicted octanol–water partition coefficient (Wildman–Crippen LogP) is 4.32. The maximum atomic E-state index is 13.7. The summed E-state index contributed by atoms with van der Waals surface area (Å²) in [6, 6.07) is 4.58. The Labute approximate surface area is 215 Å². The van der Waals surface area contributed by atoms with Crippen LogP contribution in [-0.2, 0) is 14.3 Å². The van der Waals surface area contributed by atoms with Crippen LogP contribution in [0.15, 0.2) is 18.2 Å². The molecule has 1 aliphatic heterocycles. The van der Waals surface area contributed by atoms with Crippen molar-refractivity contribution < 1.29 is 33.3 Å². The third-order valence-corrected chi connectivity index (χ3v) is 6.02. The number of aldehydes is 1. The maximum Gasteiger partial charge on any atom is 0.410 e. The summed E-state index contributed by atoms with van der Waals surface area (Å²) in [5.41, 5.74) is -0.184. The quantitative estimate of drug-likeness (QED) is 0.326. The van der Waals surface area contributed by atoms with Crippen molar-refractivity contribution in [3.63, 3.8) is 0 Å². The van der Waals surface area contributed by atoms with Crippen molar-refractivity contribution in [1.82, 2.24) is 9.80 Å². The molecule has 0 spiro atoms. The number of methoxy groups -OCH3 is 2. The van der Waals surface area contributed by atoms with E-state index in [1.807, 2.05) is 39.5 Å². The van der Waals surface area contributed by atoms with Gasteiger partial charge in [-0.05, 0) is 65.7 Å². The molecule has 0 N–H and O–H groups in total. The summed E-state index contributed by atoms with van der Waals surface area (Å²) in [4.78, 5) is 41.4. The molecule has 0 bridgehead atoms. The van der Waals surface area contributed by atoms with Crippen molar-refractivity contribution in [2.75, 3.05) is 34.0 Å². The minimum absolute atomic E-state index is 0.112. The molecule has 0 aromatic heterocycles. The second-order valence-electron chi connectivity index (χ2n) is 10.3. The molecule has 36 heavy (non-hydrogen) atoms. The van der Waals surface area contributed by atoms with E-state index in [1.54, 1.807) is 37.3 Å². The Morgan fingerprint density at radius 1 is 1.14 bits per heavy atom. The first kappa shape index (κ1) is 29.4. The predicted molar refractivity (Wildman–Crippen MR) is 137 cm³/mol. The first-order valence-electron chi connectivity index (χ1n) is 12.6. The van der Waals surface area contributed by atoms with Gasteiger partial charge in [-0.15, -0.1) is 0 Å². The average Bonchev–Trinajstić information content (AvgIpc) is 2.81. The van der Waals surface area contributed by atoms with Gasteiger partial charge >= 0.3 is 6.09 Å². The number of nitrogens with zero attached hydrogens (tertiary/aromatic N) is 2. The third-order valence-electron chi connectivity index (χ3n) is 6.02. The van der Waals surface area contributed by atoms with E-state index in [4.69, 9.17) is 18.9 Å². The van der Waals surface area contributed by atoms with E-state index in [1.165, 1.54) is 0 Å². The molecule has 202 valence electrons. The molecular formula is C27H42N2O7. The summed E-state index contributed by atoms with van der Waals surface area (Å²) in [6.45, 7) is 10.6. The summed E-state index contributed by atoms with van der Waals surface area (Å²) >= 11 is 0. The first-order chi connectivity index (χ1) is 17.0. The van der Waals surface area contributed by atoms with Gasteiger partial charge in [0, 0.05) is 50.8 Å². The standard InChI is InChI=1S/C27H42N2O7/c1-19(2)29(22-11-10-21(13-14-30)28(18-22)26(32)36-27(3,4)5)25(31)20-9-12-23(34-7)24(17-20)35-16-8-15-33-6/h9,12,14,17,19,21-22H,8,10-11,13,15-16,18H2,1-7H3/t21-,22?/m0/s1. The lowest BCUT2D eigenvalue weighted by atomic mass is 9.94. The van der Waals surface area contributed by atoms with Gasteiger partial charge in [-0.2, -0.15) is 0 Å². The minimum Gasteiger partial charge on any atom is -0.493 e. The van der Waals surface area contributed by atoms with Crippen LogP contribution in [0, 0.1) is 0 Å². The molecule has 1 saturated heterocycles. The average molecular weight is 507 g/mol. The lowest BCUT2D eigenvalue weighted by molar-refractivity contribution is -0.109. The van der Waals surface area contributed by atoms with Crippen LogP contribution in [-0.4, -0.2) is 85.8 Å². The second-order valence-corrected chi connectivity index (χ2v) is 10.3. The van der Waals surface area contributed by atoms with Crippen molar-refractivity contribution in [2.45, 2.75) is 84.0 Å². The van der Waals surface area contributed by atoms with Gasteiger partial charge in [0.25, 0.3) is 5.91 Å². The number of carbonyl (C=O) groups excluding carboxylic acids is 3.